The van der Waals surface area contributed by atoms with E-state index in [4.69, 9.17) is 5.73 Å². The number of nitrogens with two attached hydrogens (primary N) is 1. The Labute approximate surface area is 73.3 Å². The van der Waals surface area contributed by atoms with Crippen LogP contribution in [0, 0.1) is 10.1 Å². The minimum absolute atomic E-state index is 0.0382. The highest BCUT2D eigenvalue weighted by Crippen LogP contribution is 2.29. The lowest BCUT2D eigenvalue weighted by molar-refractivity contribution is -0.383. The number of nitro benzene ring substituents is 1. The second-order valence-electron chi connectivity index (χ2n) is 2.70. The lowest BCUT2D eigenvalue weighted by Gasteiger charge is -1.93. The molecule has 0 fully saturated rings. The third-order valence-electron chi connectivity index (χ3n) is 1.91. The average Bonchev–Trinajstić information content (AvgIpc) is 2.48. The van der Waals surface area contributed by atoms with Crippen LogP contribution in [0.2, 0.25) is 0 Å². The molecule has 5 nitrogen and oxygen atoms in total. The highest BCUT2D eigenvalue weighted by atomic mass is 16.6. The fourth-order valence-electron chi connectivity index (χ4n) is 1.34. The molecule has 5 heteroatoms. The summed E-state index contributed by atoms with van der Waals surface area (Å²) in [6, 6.07) is 4.81. The number of H-pyrrole nitrogens is 1. The Morgan fingerprint density at radius 1 is 1.46 bits per heavy atom. The molecule has 0 unspecified atom stereocenters. The molecule has 0 saturated heterocycles. The van der Waals surface area contributed by atoms with Gasteiger partial charge in [-0.25, -0.2) is 0 Å². The van der Waals surface area contributed by atoms with E-state index in [-0.39, 0.29) is 5.69 Å². The van der Waals surface area contributed by atoms with Crippen molar-refractivity contribution in [2.45, 2.75) is 0 Å². The van der Waals surface area contributed by atoms with Crippen LogP contribution in [0.3, 0.4) is 0 Å². The molecule has 0 aliphatic rings. The molecule has 66 valence electrons. The summed E-state index contributed by atoms with van der Waals surface area (Å²) in [7, 11) is 0. The summed E-state index contributed by atoms with van der Waals surface area (Å²) >= 11 is 0. The molecular formula is C8H7N3O2. The maximum Gasteiger partial charge on any atom is 0.280 e. The van der Waals surface area contributed by atoms with Crippen LogP contribution in [0.25, 0.3) is 10.9 Å². The van der Waals surface area contributed by atoms with Crippen molar-refractivity contribution >= 4 is 22.3 Å². The number of hydrogen-bond donors (Lipinski definition) is 2. The lowest BCUT2D eigenvalue weighted by Crippen LogP contribution is -1.90. The number of anilines is 1. The van der Waals surface area contributed by atoms with Gasteiger partial charge in [-0.3, -0.25) is 10.1 Å². The van der Waals surface area contributed by atoms with Crippen molar-refractivity contribution in [2.24, 2.45) is 0 Å². The summed E-state index contributed by atoms with van der Waals surface area (Å²) in [5.74, 6) is 0. The molecule has 0 spiro atoms. The maximum absolute atomic E-state index is 10.6. The molecule has 0 radical (unpaired) electrons. The summed E-state index contributed by atoms with van der Waals surface area (Å²) in [5.41, 5.74) is 6.71. The molecule has 0 bridgehead atoms. The molecular weight excluding hydrogens is 170 g/mol. The first-order chi connectivity index (χ1) is 6.20. The topological polar surface area (TPSA) is 85.0 Å². The van der Waals surface area contributed by atoms with E-state index in [1.807, 2.05) is 0 Å². The molecule has 1 aromatic heterocycles. The van der Waals surface area contributed by atoms with Gasteiger partial charge in [0.15, 0.2) is 0 Å². The van der Waals surface area contributed by atoms with Crippen molar-refractivity contribution < 1.29 is 4.92 Å². The molecule has 2 rings (SSSR count). The van der Waals surface area contributed by atoms with Crippen LogP contribution >= 0.6 is 0 Å². The van der Waals surface area contributed by atoms with E-state index in [2.05, 4.69) is 4.98 Å². The van der Waals surface area contributed by atoms with Gasteiger partial charge in [0.05, 0.1) is 16.1 Å². The van der Waals surface area contributed by atoms with E-state index < -0.39 is 4.92 Å². The molecule has 0 saturated carbocycles. The van der Waals surface area contributed by atoms with E-state index in [0.29, 0.717) is 16.6 Å². The third kappa shape index (κ3) is 1.01. The molecule has 0 aliphatic heterocycles. The number of rotatable bonds is 1. The predicted molar refractivity (Wildman–Crippen MR) is 49.4 cm³/mol. The van der Waals surface area contributed by atoms with Crippen LogP contribution in [0.4, 0.5) is 11.4 Å². The number of nitro groups is 1. The second kappa shape index (κ2) is 2.48. The monoisotopic (exact) mass is 177 g/mol. The van der Waals surface area contributed by atoms with Crippen LogP contribution in [-0.2, 0) is 0 Å². The van der Waals surface area contributed by atoms with Gasteiger partial charge in [0.1, 0.15) is 5.39 Å². The van der Waals surface area contributed by atoms with Gasteiger partial charge in [0.2, 0.25) is 0 Å². The number of nitrogens with one attached hydrogen (secondary N) is 1. The quantitative estimate of drug-likeness (QED) is 0.513. The standard InChI is InChI=1S/C8H7N3O2/c9-5-4-10-6-2-1-3-7(8(5)6)11(12)13/h1-4,10H,9H2. The summed E-state index contributed by atoms with van der Waals surface area (Å²) in [4.78, 5) is 13.0. The van der Waals surface area contributed by atoms with Crippen LogP contribution in [0.1, 0.15) is 0 Å². The second-order valence-corrected chi connectivity index (χ2v) is 2.70. The van der Waals surface area contributed by atoms with Crippen molar-refractivity contribution in [1.29, 1.82) is 0 Å². The Hall–Kier alpha value is -2.04. The van der Waals surface area contributed by atoms with E-state index in [1.165, 1.54) is 6.07 Å². The minimum atomic E-state index is -0.438. The van der Waals surface area contributed by atoms with Crippen molar-refractivity contribution in [3.8, 4) is 0 Å². The van der Waals surface area contributed by atoms with Gasteiger partial charge in [-0.05, 0) is 6.07 Å². The molecule has 1 aromatic carbocycles. The lowest BCUT2D eigenvalue weighted by atomic mass is 10.2. The zero-order valence-electron chi connectivity index (χ0n) is 6.65. The number of aromatic nitrogens is 1. The van der Waals surface area contributed by atoms with E-state index in [9.17, 15) is 10.1 Å². The number of aromatic amines is 1. The van der Waals surface area contributed by atoms with Gasteiger partial charge in [0, 0.05) is 12.3 Å². The zero-order chi connectivity index (χ0) is 9.42. The number of non-ortho nitro benzene ring substituents is 1. The van der Waals surface area contributed by atoms with Crippen molar-refractivity contribution in [3.63, 3.8) is 0 Å². The fraction of sp³-hybridized carbons (Fsp3) is 0. The molecule has 0 atom stereocenters. The minimum Gasteiger partial charge on any atom is -0.397 e. The van der Waals surface area contributed by atoms with E-state index >= 15 is 0 Å². The van der Waals surface area contributed by atoms with Gasteiger partial charge >= 0.3 is 0 Å². The highest BCUT2D eigenvalue weighted by Gasteiger charge is 2.14. The number of fused-ring (bicyclic) bond motifs is 1. The number of nitrogens with zero attached hydrogens (tertiary/aromatic N) is 1. The van der Waals surface area contributed by atoms with Crippen LogP contribution in [0.5, 0.6) is 0 Å². The average molecular weight is 177 g/mol. The van der Waals surface area contributed by atoms with Gasteiger partial charge in [-0.15, -0.1) is 0 Å². The Morgan fingerprint density at radius 2 is 2.23 bits per heavy atom. The largest absolute Gasteiger partial charge is 0.397 e. The van der Waals surface area contributed by atoms with Crippen molar-refractivity contribution in [3.05, 3.63) is 34.5 Å². The third-order valence-corrected chi connectivity index (χ3v) is 1.91. The number of hydrogen-bond acceptors (Lipinski definition) is 3. The summed E-state index contributed by atoms with van der Waals surface area (Å²) in [5, 5.41) is 11.1. The molecule has 3 N–H and O–H groups in total. The predicted octanol–water partition coefficient (Wildman–Crippen LogP) is 1.66. The van der Waals surface area contributed by atoms with Crippen molar-refractivity contribution in [2.75, 3.05) is 5.73 Å². The Bertz CT molecular complexity index is 475. The van der Waals surface area contributed by atoms with E-state index in [1.54, 1.807) is 18.3 Å². The summed E-state index contributed by atoms with van der Waals surface area (Å²) in [6.45, 7) is 0. The number of nitrogen functional groups attached to an aromatic ring is 1. The SMILES string of the molecule is Nc1c[nH]c2cccc([N+](=O)[O-])c12. The molecule has 0 aliphatic carbocycles. The molecule has 2 aromatic rings. The zero-order valence-corrected chi connectivity index (χ0v) is 6.65. The molecule has 0 amide bonds. The molecule has 1 heterocycles. The van der Waals surface area contributed by atoms with Gasteiger partial charge in [-0.2, -0.15) is 0 Å². The Morgan fingerprint density at radius 3 is 2.92 bits per heavy atom. The Balaban J connectivity index is 2.88. The van der Waals surface area contributed by atoms with Crippen LogP contribution < -0.4 is 5.73 Å². The highest BCUT2D eigenvalue weighted by molar-refractivity contribution is 5.98. The normalized spacial score (nSPS) is 10.5. The summed E-state index contributed by atoms with van der Waals surface area (Å²) < 4.78 is 0. The van der Waals surface area contributed by atoms with Gasteiger partial charge in [-0.1, -0.05) is 6.07 Å². The Kier molecular flexibility index (Phi) is 1.45. The summed E-state index contributed by atoms with van der Waals surface area (Å²) in [6.07, 6.45) is 1.55. The maximum atomic E-state index is 10.6. The van der Waals surface area contributed by atoms with Crippen LogP contribution in [-0.4, -0.2) is 9.91 Å². The first-order valence-corrected chi connectivity index (χ1v) is 3.70. The van der Waals surface area contributed by atoms with E-state index in [0.717, 1.165) is 0 Å². The van der Waals surface area contributed by atoms with Crippen molar-refractivity contribution in [1.82, 2.24) is 4.98 Å². The smallest absolute Gasteiger partial charge is 0.280 e. The first-order valence-electron chi connectivity index (χ1n) is 3.70. The number of benzene rings is 1. The first kappa shape index (κ1) is 7.60. The fourth-order valence-corrected chi connectivity index (χ4v) is 1.34. The van der Waals surface area contributed by atoms with Crippen LogP contribution in [0.15, 0.2) is 24.4 Å². The molecule has 13 heavy (non-hydrogen) atoms. The van der Waals surface area contributed by atoms with Gasteiger partial charge in [0.25, 0.3) is 5.69 Å². The van der Waals surface area contributed by atoms with Gasteiger partial charge < -0.3 is 10.7 Å².